The van der Waals surface area contributed by atoms with Crippen LogP contribution in [0.4, 0.5) is 19.3 Å². The van der Waals surface area contributed by atoms with Crippen molar-refractivity contribution >= 4 is 11.8 Å². The normalized spacial score (nSPS) is 10.2. The molecule has 0 aromatic heterocycles. The van der Waals surface area contributed by atoms with Gasteiger partial charge in [0.15, 0.2) is 0 Å². The van der Waals surface area contributed by atoms with E-state index in [1.165, 1.54) is 0 Å². The number of carbonyl (C=O) groups is 1. The van der Waals surface area contributed by atoms with E-state index in [2.05, 4.69) is 5.32 Å². The van der Waals surface area contributed by atoms with E-state index < -0.39 is 17.7 Å². The van der Waals surface area contributed by atoms with Gasteiger partial charge < -0.3 is 10.5 Å². The van der Waals surface area contributed by atoms with Gasteiger partial charge in [-0.25, -0.2) is 13.6 Å². The summed E-state index contributed by atoms with van der Waals surface area (Å²) in [7, 11) is 0. The molecule has 0 heterocycles. The smallest absolute Gasteiger partial charge is 0.410 e. The lowest BCUT2D eigenvalue weighted by Crippen LogP contribution is -2.17. The third-order valence-electron chi connectivity index (χ3n) is 2.73. The molecule has 0 aliphatic heterocycles. The van der Waals surface area contributed by atoms with Crippen LogP contribution >= 0.6 is 0 Å². The Morgan fingerprint density at radius 3 is 2.48 bits per heavy atom. The molecule has 21 heavy (non-hydrogen) atoms. The van der Waals surface area contributed by atoms with Gasteiger partial charge in [-0.1, -0.05) is 12.1 Å². The Morgan fingerprint density at radius 1 is 1.14 bits per heavy atom. The molecule has 0 aliphatic rings. The fourth-order valence-corrected chi connectivity index (χ4v) is 1.72. The molecule has 2 rings (SSSR count). The second-order valence-corrected chi connectivity index (χ2v) is 4.32. The minimum Gasteiger partial charge on any atom is -0.410 e. The van der Waals surface area contributed by atoms with Crippen molar-refractivity contribution in [1.29, 1.82) is 0 Å². The van der Waals surface area contributed by atoms with Gasteiger partial charge in [0.1, 0.15) is 17.4 Å². The van der Waals surface area contributed by atoms with Gasteiger partial charge in [0.25, 0.3) is 0 Å². The van der Waals surface area contributed by atoms with Gasteiger partial charge >= 0.3 is 6.09 Å². The first-order valence-electron chi connectivity index (χ1n) is 6.31. The first-order chi connectivity index (χ1) is 10.1. The van der Waals surface area contributed by atoms with Crippen molar-refractivity contribution in [3.05, 3.63) is 59.7 Å². The molecular formula is C15H14F2N2O2. The minimum absolute atomic E-state index is 0.152. The quantitative estimate of drug-likeness (QED) is 0.910. The molecule has 1 amide bonds. The number of benzene rings is 2. The summed E-state index contributed by atoms with van der Waals surface area (Å²) in [6.45, 7) is 0.532. The SMILES string of the molecule is NCCc1ccc(OC(=O)Nc2ccc(F)cc2F)cc1. The summed E-state index contributed by atoms with van der Waals surface area (Å²) in [5.41, 5.74) is 6.30. The topological polar surface area (TPSA) is 64.3 Å². The maximum absolute atomic E-state index is 13.4. The van der Waals surface area contributed by atoms with Crippen molar-refractivity contribution in [2.75, 3.05) is 11.9 Å². The van der Waals surface area contributed by atoms with Crippen LogP contribution in [0.3, 0.4) is 0 Å². The zero-order chi connectivity index (χ0) is 15.2. The number of anilines is 1. The Bertz CT molecular complexity index is 630. The average molecular weight is 292 g/mol. The highest BCUT2D eigenvalue weighted by Crippen LogP contribution is 2.17. The summed E-state index contributed by atoms with van der Waals surface area (Å²) < 4.78 is 31.1. The standard InChI is InChI=1S/C15H14F2N2O2/c16-11-3-6-14(13(17)9-11)19-15(20)21-12-4-1-10(2-5-12)7-8-18/h1-6,9H,7-8,18H2,(H,19,20). The maximum Gasteiger partial charge on any atom is 0.417 e. The molecular weight excluding hydrogens is 278 g/mol. The minimum atomic E-state index is -0.870. The Kier molecular flexibility index (Phi) is 4.84. The molecule has 110 valence electrons. The molecule has 6 heteroatoms. The highest BCUT2D eigenvalue weighted by molar-refractivity contribution is 5.86. The fourth-order valence-electron chi connectivity index (χ4n) is 1.72. The molecule has 0 spiro atoms. The molecule has 3 N–H and O–H groups in total. The molecule has 0 saturated carbocycles. The third-order valence-corrected chi connectivity index (χ3v) is 2.73. The number of hydrogen-bond acceptors (Lipinski definition) is 3. The van der Waals surface area contributed by atoms with Crippen molar-refractivity contribution in [3.8, 4) is 5.75 Å². The fraction of sp³-hybridized carbons (Fsp3) is 0.133. The number of hydrogen-bond donors (Lipinski definition) is 2. The Balaban J connectivity index is 1.98. The van der Waals surface area contributed by atoms with Crippen LogP contribution in [-0.4, -0.2) is 12.6 Å². The maximum atomic E-state index is 13.4. The molecule has 2 aromatic rings. The molecule has 0 bridgehead atoms. The van der Waals surface area contributed by atoms with Gasteiger partial charge in [-0.3, -0.25) is 5.32 Å². The highest BCUT2D eigenvalue weighted by atomic mass is 19.1. The molecule has 2 aromatic carbocycles. The predicted octanol–water partition coefficient (Wildman–Crippen LogP) is 3.08. The van der Waals surface area contributed by atoms with Gasteiger partial charge in [-0.15, -0.1) is 0 Å². The van der Waals surface area contributed by atoms with Crippen molar-refractivity contribution in [3.63, 3.8) is 0 Å². The number of rotatable bonds is 4. The summed E-state index contributed by atoms with van der Waals surface area (Å²) >= 11 is 0. The summed E-state index contributed by atoms with van der Waals surface area (Å²) in [5, 5.41) is 2.20. The number of ether oxygens (including phenoxy) is 1. The second-order valence-electron chi connectivity index (χ2n) is 4.32. The number of halogens is 2. The lowest BCUT2D eigenvalue weighted by molar-refractivity contribution is 0.215. The van der Waals surface area contributed by atoms with Gasteiger partial charge in [-0.05, 0) is 42.8 Å². The molecule has 4 nitrogen and oxygen atoms in total. The van der Waals surface area contributed by atoms with Crippen LogP contribution in [-0.2, 0) is 6.42 Å². The van der Waals surface area contributed by atoms with Crippen molar-refractivity contribution in [2.24, 2.45) is 5.73 Å². The molecule has 0 aliphatic carbocycles. The van der Waals surface area contributed by atoms with Gasteiger partial charge in [0.05, 0.1) is 5.69 Å². The molecule has 0 radical (unpaired) electrons. The van der Waals surface area contributed by atoms with E-state index in [-0.39, 0.29) is 5.69 Å². The first-order valence-corrected chi connectivity index (χ1v) is 6.31. The second kappa shape index (κ2) is 6.81. The summed E-state index contributed by atoms with van der Waals surface area (Å²) in [6, 6.07) is 9.65. The Morgan fingerprint density at radius 2 is 1.86 bits per heavy atom. The van der Waals surface area contributed by atoms with E-state index in [4.69, 9.17) is 10.5 Å². The summed E-state index contributed by atoms with van der Waals surface area (Å²) in [5.74, 6) is -1.28. The zero-order valence-corrected chi connectivity index (χ0v) is 11.1. The van der Waals surface area contributed by atoms with Crippen LogP contribution in [0.5, 0.6) is 5.75 Å². The van der Waals surface area contributed by atoms with Crippen LogP contribution in [0.2, 0.25) is 0 Å². The van der Waals surface area contributed by atoms with E-state index in [9.17, 15) is 13.6 Å². The Labute approximate surface area is 120 Å². The first kappa shape index (κ1) is 14.9. The molecule has 0 saturated heterocycles. The van der Waals surface area contributed by atoms with E-state index in [0.717, 1.165) is 24.1 Å². The van der Waals surface area contributed by atoms with Crippen molar-refractivity contribution in [2.45, 2.75) is 6.42 Å². The van der Waals surface area contributed by atoms with E-state index in [0.29, 0.717) is 18.4 Å². The number of amides is 1. The summed E-state index contributed by atoms with van der Waals surface area (Å²) in [4.78, 5) is 11.6. The highest BCUT2D eigenvalue weighted by Gasteiger charge is 2.09. The van der Waals surface area contributed by atoms with Crippen molar-refractivity contribution in [1.82, 2.24) is 0 Å². The predicted molar refractivity (Wildman–Crippen MR) is 75.2 cm³/mol. The van der Waals surface area contributed by atoms with Crippen molar-refractivity contribution < 1.29 is 18.3 Å². The number of carbonyl (C=O) groups excluding carboxylic acids is 1. The van der Waals surface area contributed by atoms with E-state index in [1.54, 1.807) is 24.3 Å². The van der Waals surface area contributed by atoms with Gasteiger partial charge in [-0.2, -0.15) is 0 Å². The molecule has 0 unspecified atom stereocenters. The van der Waals surface area contributed by atoms with E-state index >= 15 is 0 Å². The van der Waals surface area contributed by atoms with Crippen LogP contribution in [0.1, 0.15) is 5.56 Å². The van der Waals surface area contributed by atoms with Crippen LogP contribution in [0, 0.1) is 11.6 Å². The van der Waals surface area contributed by atoms with Gasteiger partial charge in [0.2, 0.25) is 0 Å². The molecule has 0 fully saturated rings. The Hall–Kier alpha value is -2.47. The number of nitrogens with one attached hydrogen (secondary N) is 1. The average Bonchev–Trinajstić information content (AvgIpc) is 2.44. The van der Waals surface area contributed by atoms with Gasteiger partial charge in [0, 0.05) is 6.07 Å². The van der Waals surface area contributed by atoms with E-state index in [1.807, 2.05) is 0 Å². The monoisotopic (exact) mass is 292 g/mol. The third kappa shape index (κ3) is 4.25. The number of nitrogens with two attached hydrogens (primary N) is 1. The largest absolute Gasteiger partial charge is 0.417 e. The zero-order valence-electron chi connectivity index (χ0n) is 11.1. The van der Waals surface area contributed by atoms with Crippen LogP contribution < -0.4 is 15.8 Å². The van der Waals surface area contributed by atoms with Crippen LogP contribution in [0.25, 0.3) is 0 Å². The lowest BCUT2D eigenvalue weighted by Gasteiger charge is -2.08. The van der Waals surface area contributed by atoms with Crippen LogP contribution in [0.15, 0.2) is 42.5 Å². The lowest BCUT2D eigenvalue weighted by atomic mass is 10.1. The summed E-state index contributed by atoms with van der Waals surface area (Å²) in [6.07, 6.45) is -0.125. The molecule has 0 atom stereocenters.